The highest BCUT2D eigenvalue weighted by molar-refractivity contribution is 5.87. The topological polar surface area (TPSA) is 59.1 Å². The summed E-state index contributed by atoms with van der Waals surface area (Å²) in [6.45, 7) is 1.78. The van der Waals surface area contributed by atoms with Crippen LogP contribution in [0.15, 0.2) is 48.5 Å². The summed E-state index contributed by atoms with van der Waals surface area (Å²) >= 11 is 0. The summed E-state index contributed by atoms with van der Waals surface area (Å²) in [5, 5.41) is 0. The Hall–Kier alpha value is -3.23. The Morgan fingerprint density at radius 1 is 1.03 bits per heavy atom. The summed E-state index contributed by atoms with van der Waals surface area (Å²) in [7, 11) is 1.52. The lowest BCUT2D eigenvalue weighted by atomic mass is 9.93. The molecule has 170 valence electrons. The molecular weight excluding hydrogens is 425 g/mol. The second kappa shape index (κ2) is 8.72. The van der Waals surface area contributed by atoms with Gasteiger partial charge < -0.3 is 19.3 Å². The highest BCUT2D eigenvalue weighted by Crippen LogP contribution is 2.40. The minimum Gasteiger partial charge on any atom is -0.496 e. The monoisotopic (exact) mass is 448 g/mol. The maximum atomic E-state index is 13.2. The molecule has 2 unspecified atom stereocenters. The first-order valence-electron chi connectivity index (χ1n) is 10.3. The van der Waals surface area contributed by atoms with Crippen LogP contribution >= 0.6 is 0 Å². The summed E-state index contributed by atoms with van der Waals surface area (Å²) in [5.41, 5.74) is 0.641. The van der Waals surface area contributed by atoms with Crippen LogP contribution < -0.4 is 9.64 Å². The molecule has 0 saturated carbocycles. The molecule has 1 amide bonds. The number of amides is 1. The van der Waals surface area contributed by atoms with E-state index in [1.165, 1.54) is 19.2 Å². The molecule has 2 saturated heterocycles. The molecule has 0 aromatic heterocycles. The summed E-state index contributed by atoms with van der Waals surface area (Å²) in [6, 6.07) is 12.2. The van der Waals surface area contributed by atoms with Crippen LogP contribution in [0.2, 0.25) is 0 Å². The third-order valence-electron chi connectivity index (χ3n) is 5.92. The van der Waals surface area contributed by atoms with Gasteiger partial charge in [-0.25, -0.2) is 0 Å². The maximum absolute atomic E-state index is 13.2. The average molecular weight is 448 g/mol. The normalized spacial score (nSPS) is 21.4. The number of rotatable bonds is 4. The van der Waals surface area contributed by atoms with Crippen molar-refractivity contribution in [3.63, 3.8) is 0 Å². The van der Waals surface area contributed by atoms with Crippen molar-refractivity contribution >= 4 is 17.6 Å². The Bertz CT molecular complexity index is 985. The van der Waals surface area contributed by atoms with E-state index in [0.717, 1.165) is 12.1 Å². The van der Waals surface area contributed by atoms with Crippen LogP contribution in [0.4, 0.5) is 18.9 Å². The summed E-state index contributed by atoms with van der Waals surface area (Å²) in [4.78, 5) is 28.9. The van der Waals surface area contributed by atoms with Crippen molar-refractivity contribution in [3.05, 3.63) is 59.7 Å². The number of para-hydroxylation sites is 1. The Morgan fingerprint density at radius 2 is 1.69 bits per heavy atom. The van der Waals surface area contributed by atoms with Gasteiger partial charge in [-0.3, -0.25) is 9.59 Å². The second-order valence-electron chi connectivity index (χ2n) is 7.82. The van der Waals surface area contributed by atoms with E-state index in [-0.39, 0.29) is 12.3 Å². The molecule has 0 spiro atoms. The predicted molar refractivity (Wildman–Crippen MR) is 110 cm³/mol. The van der Waals surface area contributed by atoms with E-state index in [0.29, 0.717) is 43.2 Å². The summed E-state index contributed by atoms with van der Waals surface area (Å²) in [5.74, 6) is -0.685. The van der Waals surface area contributed by atoms with E-state index in [1.54, 1.807) is 29.2 Å². The van der Waals surface area contributed by atoms with Crippen molar-refractivity contribution in [2.45, 2.75) is 18.7 Å². The van der Waals surface area contributed by atoms with E-state index >= 15 is 0 Å². The Kier molecular flexibility index (Phi) is 5.99. The number of carbonyl (C=O) groups excluding carboxylic acids is 2. The lowest BCUT2D eigenvalue weighted by molar-refractivity contribution is -0.142. The van der Waals surface area contributed by atoms with Gasteiger partial charge in [0.25, 0.3) is 0 Å². The molecule has 0 bridgehead atoms. The molecule has 0 N–H and O–H groups in total. The SMILES string of the molecule is COc1ccccc1C1OC(=O)CC1C(=O)N1CCN(c2ccc(C(F)(F)F)cc2)CC1. The van der Waals surface area contributed by atoms with E-state index in [9.17, 15) is 22.8 Å². The van der Waals surface area contributed by atoms with Crippen LogP contribution in [-0.2, 0) is 20.5 Å². The smallest absolute Gasteiger partial charge is 0.416 e. The van der Waals surface area contributed by atoms with Crippen molar-refractivity contribution in [2.75, 3.05) is 38.2 Å². The fourth-order valence-corrected chi connectivity index (χ4v) is 4.24. The number of halogens is 3. The minimum absolute atomic E-state index is 0.000662. The van der Waals surface area contributed by atoms with Gasteiger partial charge >= 0.3 is 12.1 Å². The number of carbonyl (C=O) groups is 2. The molecular formula is C23H23F3N2O4. The molecule has 4 rings (SSSR count). The minimum atomic E-state index is -4.37. The number of ether oxygens (including phenoxy) is 2. The number of anilines is 1. The largest absolute Gasteiger partial charge is 0.496 e. The zero-order valence-electron chi connectivity index (χ0n) is 17.5. The van der Waals surface area contributed by atoms with Gasteiger partial charge in [0.2, 0.25) is 5.91 Å². The third-order valence-corrected chi connectivity index (χ3v) is 5.92. The maximum Gasteiger partial charge on any atom is 0.416 e. The highest BCUT2D eigenvalue weighted by atomic mass is 19.4. The van der Waals surface area contributed by atoms with Gasteiger partial charge in [-0.2, -0.15) is 13.2 Å². The van der Waals surface area contributed by atoms with Crippen LogP contribution in [0.5, 0.6) is 5.75 Å². The lowest BCUT2D eigenvalue weighted by Crippen LogP contribution is -2.50. The number of nitrogens with zero attached hydrogens (tertiary/aromatic N) is 2. The Morgan fingerprint density at radius 3 is 2.31 bits per heavy atom. The van der Waals surface area contributed by atoms with Crippen molar-refractivity contribution in [1.29, 1.82) is 0 Å². The van der Waals surface area contributed by atoms with Crippen LogP contribution in [0, 0.1) is 5.92 Å². The van der Waals surface area contributed by atoms with E-state index in [4.69, 9.17) is 9.47 Å². The predicted octanol–water partition coefficient (Wildman–Crippen LogP) is 3.67. The fourth-order valence-electron chi connectivity index (χ4n) is 4.24. The zero-order valence-corrected chi connectivity index (χ0v) is 17.5. The molecule has 6 nitrogen and oxygen atoms in total. The summed E-state index contributed by atoms with van der Waals surface area (Å²) < 4.78 is 49.2. The lowest BCUT2D eigenvalue weighted by Gasteiger charge is -2.37. The molecule has 2 atom stereocenters. The van der Waals surface area contributed by atoms with Gasteiger partial charge in [-0.05, 0) is 30.3 Å². The quantitative estimate of drug-likeness (QED) is 0.669. The second-order valence-corrected chi connectivity index (χ2v) is 7.82. The van der Waals surface area contributed by atoms with Crippen LogP contribution in [0.25, 0.3) is 0 Å². The van der Waals surface area contributed by atoms with Crippen LogP contribution in [0.3, 0.4) is 0 Å². The fraction of sp³-hybridized carbons (Fsp3) is 0.391. The average Bonchev–Trinajstić information content (AvgIpc) is 3.19. The van der Waals surface area contributed by atoms with Gasteiger partial charge in [0, 0.05) is 37.4 Å². The molecule has 0 aliphatic carbocycles. The summed E-state index contributed by atoms with van der Waals surface area (Å²) in [6.07, 6.45) is -5.08. The van der Waals surface area contributed by atoms with Gasteiger partial charge in [0.1, 0.15) is 11.9 Å². The molecule has 2 aliphatic rings. The molecule has 9 heteroatoms. The molecule has 2 fully saturated rings. The molecule has 32 heavy (non-hydrogen) atoms. The Balaban J connectivity index is 1.43. The number of hydrogen-bond acceptors (Lipinski definition) is 5. The molecule has 2 aromatic carbocycles. The molecule has 2 aromatic rings. The first-order chi connectivity index (χ1) is 15.3. The van der Waals surface area contributed by atoms with Gasteiger partial charge in [-0.15, -0.1) is 0 Å². The van der Waals surface area contributed by atoms with E-state index < -0.39 is 29.7 Å². The zero-order chi connectivity index (χ0) is 22.9. The number of cyclic esters (lactones) is 1. The van der Waals surface area contributed by atoms with Gasteiger partial charge in [0.15, 0.2) is 0 Å². The van der Waals surface area contributed by atoms with Crippen molar-refractivity contribution in [2.24, 2.45) is 5.92 Å². The number of piperazine rings is 1. The van der Waals surface area contributed by atoms with Gasteiger partial charge in [0.05, 0.1) is 25.0 Å². The van der Waals surface area contributed by atoms with Crippen LogP contribution in [0.1, 0.15) is 23.7 Å². The van der Waals surface area contributed by atoms with E-state index in [1.807, 2.05) is 4.90 Å². The van der Waals surface area contributed by atoms with Crippen molar-refractivity contribution < 1.29 is 32.2 Å². The number of alkyl halides is 3. The van der Waals surface area contributed by atoms with Crippen molar-refractivity contribution in [3.8, 4) is 5.75 Å². The van der Waals surface area contributed by atoms with Crippen LogP contribution in [-0.4, -0.2) is 50.1 Å². The molecule has 2 aliphatic heterocycles. The van der Waals surface area contributed by atoms with Crippen molar-refractivity contribution in [1.82, 2.24) is 4.90 Å². The number of benzene rings is 2. The first-order valence-corrected chi connectivity index (χ1v) is 10.3. The first kappa shape index (κ1) is 22.0. The highest BCUT2D eigenvalue weighted by Gasteiger charge is 2.44. The standard InChI is InChI=1S/C23H23F3N2O4/c1-31-19-5-3-2-4-17(19)21-18(14-20(29)32-21)22(30)28-12-10-27(11-13-28)16-8-6-15(7-9-16)23(24,25)26/h2-9,18,21H,10-14H2,1H3. The third kappa shape index (κ3) is 4.37. The Labute approximate surface area is 183 Å². The molecule has 0 radical (unpaired) electrons. The van der Waals surface area contributed by atoms with Gasteiger partial charge in [-0.1, -0.05) is 18.2 Å². The number of methoxy groups -OCH3 is 1. The number of esters is 1. The van der Waals surface area contributed by atoms with E-state index in [2.05, 4.69) is 0 Å². The molecule has 2 heterocycles. The number of hydrogen-bond donors (Lipinski definition) is 0.